The van der Waals surface area contributed by atoms with Gasteiger partial charge in [-0.25, -0.2) is 0 Å². The van der Waals surface area contributed by atoms with Crippen LogP contribution in [0.4, 0.5) is 0 Å². The predicted octanol–water partition coefficient (Wildman–Crippen LogP) is 2.06. The highest BCUT2D eigenvalue weighted by Gasteiger charge is 2.03. The summed E-state index contributed by atoms with van der Waals surface area (Å²) in [5, 5.41) is 10.9. The first-order valence-electron chi connectivity index (χ1n) is 6.24. The molecule has 2 aromatic rings. The second-order valence-corrected chi connectivity index (χ2v) is 4.22. The van der Waals surface area contributed by atoms with Crippen LogP contribution in [-0.4, -0.2) is 12.6 Å². The molecule has 0 bridgehead atoms. The van der Waals surface area contributed by atoms with E-state index in [4.69, 9.17) is 4.74 Å². The minimum atomic E-state index is -1.21. The van der Waals surface area contributed by atoms with E-state index >= 15 is 0 Å². The highest BCUT2D eigenvalue weighted by atomic mass is 16.5. The Morgan fingerprint density at radius 3 is 2.42 bits per heavy atom. The molecule has 2 rings (SSSR count). The molecule has 0 saturated carbocycles. The van der Waals surface area contributed by atoms with Crippen LogP contribution in [0.25, 0.3) is 0 Å². The fourth-order valence-corrected chi connectivity index (χ4v) is 1.86. The van der Waals surface area contributed by atoms with Gasteiger partial charge < -0.3 is 14.6 Å². The summed E-state index contributed by atoms with van der Waals surface area (Å²) in [6.45, 7) is 0.485. The molecule has 3 nitrogen and oxygen atoms in total. The molecule has 0 aliphatic rings. The van der Waals surface area contributed by atoms with Crippen molar-refractivity contribution in [2.24, 2.45) is 0 Å². The van der Waals surface area contributed by atoms with Crippen molar-refractivity contribution in [2.45, 2.75) is 12.8 Å². The van der Waals surface area contributed by atoms with E-state index in [1.54, 1.807) is 18.2 Å². The number of benzene rings is 2. The van der Waals surface area contributed by atoms with Gasteiger partial charge in [-0.05, 0) is 30.5 Å². The highest BCUT2D eigenvalue weighted by molar-refractivity contribution is 5.89. The van der Waals surface area contributed by atoms with Gasteiger partial charge in [0.25, 0.3) is 0 Å². The second kappa shape index (κ2) is 6.59. The molecule has 0 spiro atoms. The minimum absolute atomic E-state index is 0.0993. The van der Waals surface area contributed by atoms with Gasteiger partial charge in [-0.3, -0.25) is 0 Å². The maximum absolute atomic E-state index is 10.9. The molecule has 0 aromatic heterocycles. The van der Waals surface area contributed by atoms with Crippen molar-refractivity contribution < 1.29 is 14.6 Å². The number of hydrogen-bond acceptors (Lipinski definition) is 3. The topological polar surface area (TPSA) is 49.4 Å². The Bertz CT molecular complexity index is 535. The number of carboxylic acids is 1. The first-order chi connectivity index (χ1) is 9.27. The monoisotopic (exact) mass is 255 g/mol. The quantitative estimate of drug-likeness (QED) is 0.742. The summed E-state index contributed by atoms with van der Waals surface area (Å²) in [6.07, 6.45) is 1.75. The summed E-state index contributed by atoms with van der Waals surface area (Å²) in [6, 6.07) is 16.7. The van der Waals surface area contributed by atoms with Crippen LogP contribution in [0.1, 0.15) is 22.3 Å². The summed E-state index contributed by atoms with van der Waals surface area (Å²) >= 11 is 0. The van der Waals surface area contributed by atoms with Crippen LogP contribution in [-0.2, 0) is 6.42 Å². The summed E-state index contributed by atoms with van der Waals surface area (Å²) in [4.78, 5) is 10.9. The molecule has 0 saturated heterocycles. The molecule has 0 radical (unpaired) electrons. The molecule has 0 amide bonds. The van der Waals surface area contributed by atoms with Gasteiger partial charge in [0.1, 0.15) is 5.75 Å². The average Bonchev–Trinajstić information content (AvgIpc) is 2.45. The molecule has 0 unspecified atom stereocenters. The zero-order chi connectivity index (χ0) is 13.5. The largest absolute Gasteiger partial charge is 0.545 e. The lowest BCUT2D eigenvalue weighted by Gasteiger charge is -2.11. The smallest absolute Gasteiger partial charge is 0.128 e. The van der Waals surface area contributed by atoms with Crippen molar-refractivity contribution in [3.63, 3.8) is 0 Å². The van der Waals surface area contributed by atoms with E-state index in [-0.39, 0.29) is 5.56 Å². The van der Waals surface area contributed by atoms with Crippen LogP contribution in [0.5, 0.6) is 5.75 Å². The average molecular weight is 255 g/mol. The number of carboxylic acid groups (broad SMARTS) is 1. The fourth-order valence-electron chi connectivity index (χ4n) is 1.86. The summed E-state index contributed by atoms with van der Waals surface area (Å²) < 4.78 is 5.50. The molecule has 0 fully saturated rings. The number of ether oxygens (including phenoxy) is 1. The SMILES string of the molecule is O=C([O-])c1ccccc1OCCCc1ccccc1. The number of hydrogen-bond donors (Lipinski definition) is 0. The third-order valence-corrected chi connectivity index (χ3v) is 2.82. The van der Waals surface area contributed by atoms with Crippen molar-refractivity contribution in [1.82, 2.24) is 0 Å². The fraction of sp³-hybridized carbons (Fsp3) is 0.188. The Kier molecular flexibility index (Phi) is 4.56. The van der Waals surface area contributed by atoms with Crippen LogP contribution in [0.15, 0.2) is 54.6 Å². The van der Waals surface area contributed by atoms with E-state index in [1.807, 2.05) is 18.2 Å². The van der Waals surface area contributed by atoms with Crippen molar-refractivity contribution in [1.29, 1.82) is 0 Å². The van der Waals surface area contributed by atoms with Gasteiger partial charge in [0.2, 0.25) is 0 Å². The van der Waals surface area contributed by atoms with Crippen molar-refractivity contribution >= 4 is 5.97 Å². The zero-order valence-corrected chi connectivity index (χ0v) is 10.5. The maximum atomic E-state index is 10.9. The molecule has 19 heavy (non-hydrogen) atoms. The van der Waals surface area contributed by atoms with Gasteiger partial charge in [-0.2, -0.15) is 0 Å². The molecule has 0 aliphatic heterocycles. The number of carbonyl (C=O) groups excluding carboxylic acids is 1. The van der Waals surface area contributed by atoms with Gasteiger partial charge in [0.05, 0.1) is 12.6 Å². The van der Waals surface area contributed by atoms with Crippen LogP contribution in [0.3, 0.4) is 0 Å². The molecule has 0 atom stereocenters. The Morgan fingerprint density at radius 1 is 1.00 bits per heavy atom. The van der Waals surface area contributed by atoms with Crippen LogP contribution >= 0.6 is 0 Å². The molecule has 3 heteroatoms. The lowest BCUT2D eigenvalue weighted by Crippen LogP contribution is -2.23. The number of rotatable bonds is 6. The first-order valence-corrected chi connectivity index (χ1v) is 6.24. The third kappa shape index (κ3) is 3.85. The zero-order valence-electron chi connectivity index (χ0n) is 10.5. The highest BCUT2D eigenvalue weighted by Crippen LogP contribution is 2.17. The number of aromatic carboxylic acids is 1. The Hall–Kier alpha value is -2.29. The van der Waals surface area contributed by atoms with Gasteiger partial charge in [0, 0.05) is 5.56 Å². The summed E-state index contributed by atoms with van der Waals surface area (Å²) in [5.41, 5.74) is 1.35. The second-order valence-electron chi connectivity index (χ2n) is 4.22. The van der Waals surface area contributed by atoms with E-state index in [2.05, 4.69) is 12.1 Å². The third-order valence-electron chi connectivity index (χ3n) is 2.82. The minimum Gasteiger partial charge on any atom is -0.545 e. The van der Waals surface area contributed by atoms with E-state index in [0.29, 0.717) is 12.4 Å². The van der Waals surface area contributed by atoms with Gasteiger partial charge in [-0.1, -0.05) is 42.5 Å². The van der Waals surface area contributed by atoms with Crippen LogP contribution in [0.2, 0.25) is 0 Å². The van der Waals surface area contributed by atoms with Gasteiger partial charge in [0.15, 0.2) is 0 Å². The van der Waals surface area contributed by atoms with Crippen molar-refractivity contribution in [3.8, 4) is 5.75 Å². The molecule has 0 heterocycles. The molecule has 0 N–H and O–H groups in total. The molecule has 0 aliphatic carbocycles. The van der Waals surface area contributed by atoms with E-state index in [1.165, 1.54) is 11.6 Å². The molecular formula is C16H15O3-. The van der Waals surface area contributed by atoms with E-state index < -0.39 is 5.97 Å². The predicted molar refractivity (Wildman–Crippen MR) is 71.0 cm³/mol. The van der Waals surface area contributed by atoms with E-state index in [0.717, 1.165) is 12.8 Å². The molecular weight excluding hydrogens is 240 g/mol. The molecule has 2 aromatic carbocycles. The van der Waals surface area contributed by atoms with Gasteiger partial charge >= 0.3 is 0 Å². The van der Waals surface area contributed by atoms with Crippen LogP contribution < -0.4 is 9.84 Å². The molecule has 98 valence electrons. The van der Waals surface area contributed by atoms with Crippen LogP contribution in [0, 0.1) is 0 Å². The summed E-state index contributed by atoms with van der Waals surface area (Å²) in [5.74, 6) is -0.839. The maximum Gasteiger partial charge on any atom is 0.128 e. The van der Waals surface area contributed by atoms with Gasteiger partial charge in [-0.15, -0.1) is 0 Å². The summed E-state index contributed by atoms with van der Waals surface area (Å²) in [7, 11) is 0. The van der Waals surface area contributed by atoms with E-state index in [9.17, 15) is 9.90 Å². The number of carbonyl (C=O) groups is 1. The first kappa shape index (κ1) is 13.1. The standard InChI is InChI=1S/C16H16O3/c17-16(18)14-10-4-5-11-15(14)19-12-6-9-13-7-2-1-3-8-13/h1-5,7-8,10-11H,6,9,12H2,(H,17,18)/p-1. The Labute approximate surface area is 112 Å². The lowest BCUT2D eigenvalue weighted by atomic mass is 10.1. The Balaban J connectivity index is 1.85. The normalized spacial score (nSPS) is 10.1. The van der Waals surface area contributed by atoms with Crippen molar-refractivity contribution in [2.75, 3.05) is 6.61 Å². The van der Waals surface area contributed by atoms with Crippen molar-refractivity contribution in [3.05, 3.63) is 65.7 Å². The lowest BCUT2D eigenvalue weighted by molar-refractivity contribution is -0.255. The number of aryl methyl sites for hydroxylation is 1. The number of para-hydroxylation sites is 1. The Morgan fingerprint density at radius 2 is 1.68 bits per heavy atom.